The maximum atomic E-state index is 11.4. The molecule has 0 heterocycles. The van der Waals surface area contributed by atoms with E-state index < -0.39 is 89.9 Å². The van der Waals surface area contributed by atoms with Crippen LogP contribution in [0.25, 0.3) is 0 Å². The maximum absolute atomic E-state index is 11.4. The Labute approximate surface area is 239 Å². The fraction of sp³-hybridized carbons (Fsp3) is 0.400. The SMILES string of the molecule is O=C(/C=C(\O)C(F)(F)F)C(F)(F)F.O=C(/C=C(\O)C(F)(F)F)C(F)(F)F.O=C(/C=C(\O)C(F)(F)F)C(F)(F)F.[Pr]. The molecule has 0 saturated heterocycles. The van der Waals surface area contributed by atoms with Gasteiger partial charge in [0.2, 0.25) is 17.3 Å². The van der Waals surface area contributed by atoms with Gasteiger partial charge in [-0.25, -0.2) is 0 Å². The Kier molecular flexibility index (Phi) is 17.5. The first-order valence-electron chi connectivity index (χ1n) is 7.92. The quantitative estimate of drug-likeness (QED) is 0.175. The molecule has 0 amide bonds. The molecule has 0 aliphatic rings. The van der Waals surface area contributed by atoms with Gasteiger partial charge in [0.15, 0.2) is 0 Å². The first-order valence-corrected chi connectivity index (χ1v) is 7.92. The number of halogens is 18. The monoisotopic (exact) mass is 765 g/mol. The largest absolute Gasteiger partial charge is 0.504 e. The van der Waals surface area contributed by atoms with Gasteiger partial charge in [0.05, 0.1) is 0 Å². The van der Waals surface area contributed by atoms with Gasteiger partial charge in [-0.05, 0) is 0 Å². The van der Waals surface area contributed by atoms with Crippen LogP contribution in [0.4, 0.5) is 79.0 Å². The van der Waals surface area contributed by atoms with Crippen molar-refractivity contribution in [3.05, 3.63) is 35.5 Å². The molecular weight excluding hydrogens is 759 g/mol. The van der Waals surface area contributed by atoms with Crippen molar-refractivity contribution in [1.29, 1.82) is 0 Å². The first-order chi connectivity index (χ1) is 16.6. The number of hydrogen-bond acceptors (Lipinski definition) is 6. The Balaban J connectivity index is -0.000000240. The van der Waals surface area contributed by atoms with Gasteiger partial charge in [0.1, 0.15) is 0 Å². The van der Waals surface area contributed by atoms with E-state index in [9.17, 15) is 93.4 Å². The van der Waals surface area contributed by atoms with Crippen molar-refractivity contribution >= 4 is 17.3 Å². The summed E-state index contributed by atoms with van der Waals surface area (Å²) in [6.07, 6.45) is -35.0. The van der Waals surface area contributed by atoms with Gasteiger partial charge in [-0.3, -0.25) is 14.4 Å². The van der Waals surface area contributed by atoms with Gasteiger partial charge >= 0.3 is 37.1 Å². The van der Waals surface area contributed by atoms with Crippen LogP contribution in [-0.4, -0.2) is 69.7 Å². The Morgan fingerprint density at radius 1 is 0.350 bits per heavy atom. The van der Waals surface area contributed by atoms with Crippen LogP contribution in [0.15, 0.2) is 35.5 Å². The molecule has 0 unspecified atom stereocenters. The third-order valence-corrected chi connectivity index (χ3v) is 2.51. The molecule has 0 bridgehead atoms. The van der Waals surface area contributed by atoms with Crippen molar-refractivity contribution in [2.45, 2.75) is 37.1 Å². The Morgan fingerprint density at radius 2 is 0.475 bits per heavy atom. The minimum atomic E-state index is -5.42. The van der Waals surface area contributed by atoms with E-state index in [1.54, 1.807) is 0 Å². The summed E-state index contributed by atoms with van der Waals surface area (Å²) in [6, 6.07) is 0. The molecule has 0 spiro atoms. The predicted octanol–water partition coefficient (Wildman–Crippen LogP) is 6.37. The summed E-state index contributed by atoms with van der Waals surface area (Å²) in [5, 5.41) is 23.8. The number of rotatable bonds is 3. The van der Waals surface area contributed by atoms with Crippen LogP contribution in [0, 0.1) is 41.3 Å². The van der Waals surface area contributed by atoms with Crippen molar-refractivity contribution in [2.24, 2.45) is 0 Å². The van der Waals surface area contributed by atoms with E-state index in [0.29, 0.717) is 0 Å². The summed E-state index contributed by atoms with van der Waals surface area (Å²) in [6.45, 7) is 0. The Morgan fingerprint density at radius 3 is 0.550 bits per heavy atom. The second kappa shape index (κ2) is 15.7. The van der Waals surface area contributed by atoms with Gasteiger partial charge in [-0.2, -0.15) is 79.0 Å². The van der Waals surface area contributed by atoms with Crippen LogP contribution in [0.1, 0.15) is 0 Å². The minimum Gasteiger partial charge on any atom is -0.504 e. The van der Waals surface area contributed by atoms with Gasteiger partial charge in [0.25, 0.3) is 17.3 Å². The molecule has 6 nitrogen and oxygen atoms in total. The van der Waals surface area contributed by atoms with Crippen molar-refractivity contribution < 1.29 is 150 Å². The van der Waals surface area contributed by atoms with E-state index >= 15 is 0 Å². The standard InChI is InChI=1S/3C5H2F6O2.Pr/c3*6-4(7,8)2(12)1-3(13)5(9,10)11;/h3*1,12H;/b3*2-1-;. The fourth-order valence-electron chi connectivity index (χ4n) is 0.864. The van der Waals surface area contributed by atoms with Crippen LogP contribution in [-0.2, 0) is 14.4 Å². The molecule has 0 aromatic heterocycles. The fourth-order valence-corrected chi connectivity index (χ4v) is 0.864. The van der Waals surface area contributed by atoms with Gasteiger partial charge in [0, 0.05) is 59.5 Å². The minimum absolute atomic E-state index is 0. The summed E-state index contributed by atoms with van der Waals surface area (Å²) >= 11 is 0. The van der Waals surface area contributed by atoms with E-state index in [1.165, 1.54) is 0 Å². The zero-order chi connectivity index (χ0) is 32.6. The van der Waals surface area contributed by atoms with E-state index in [1.807, 2.05) is 0 Å². The third kappa shape index (κ3) is 20.6. The second-order valence-electron chi connectivity index (χ2n) is 5.67. The molecule has 0 rings (SSSR count). The van der Waals surface area contributed by atoms with Crippen molar-refractivity contribution in [3.63, 3.8) is 0 Å². The molecule has 0 saturated carbocycles. The van der Waals surface area contributed by atoms with E-state index in [-0.39, 0.29) is 41.3 Å². The van der Waals surface area contributed by atoms with Crippen molar-refractivity contribution in [2.75, 3.05) is 0 Å². The number of hydrogen-bond donors (Lipinski definition) is 3. The topological polar surface area (TPSA) is 112 Å². The molecule has 0 aromatic rings. The summed E-state index contributed by atoms with van der Waals surface area (Å²) in [7, 11) is 0. The van der Waals surface area contributed by atoms with E-state index in [4.69, 9.17) is 15.3 Å². The molecule has 1 radical (unpaired) electrons. The average Bonchev–Trinajstić information content (AvgIpc) is 2.64. The van der Waals surface area contributed by atoms with Crippen LogP contribution < -0.4 is 0 Å². The number of allylic oxidation sites excluding steroid dienone is 6. The molecule has 0 atom stereocenters. The Bertz CT molecular complexity index is 834. The predicted molar refractivity (Wildman–Crippen MR) is 83.5 cm³/mol. The molecule has 0 aromatic carbocycles. The van der Waals surface area contributed by atoms with Crippen molar-refractivity contribution in [1.82, 2.24) is 0 Å². The smallest absolute Gasteiger partial charge is 0.454 e. The summed E-state index contributed by atoms with van der Waals surface area (Å²) < 4.78 is 204. The molecular formula is C15H6F18O6Pr. The molecule has 0 aliphatic heterocycles. The maximum Gasteiger partial charge on any atom is 0.454 e. The van der Waals surface area contributed by atoms with Crippen molar-refractivity contribution in [3.8, 4) is 0 Å². The zero-order valence-electron chi connectivity index (χ0n) is 17.7. The van der Waals surface area contributed by atoms with Crippen LogP contribution in [0.2, 0.25) is 0 Å². The number of carbonyl (C=O) groups is 3. The van der Waals surface area contributed by atoms with Crippen LogP contribution in [0.5, 0.6) is 0 Å². The molecule has 0 fully saturated rings. The summed E-state index contributed by atoms with van der Waals surface area (Å²) in [5.74, 6) is -16.0. The number of ketones is 3. The molecule has 40 heavy (non-hydrogen) atoms. The molecule has 25 heteroatoms. The number of carbonyl (C=O) groups excluding carboxylic acids is 3. The van der Waals surface area contributed by atoms with Gasteiger partial charge in [-0.15, -0.1) is 0 Å². The molecule has 0 aliphatic carbocycles. The normalized spacial score (nSPS) is 14.1. The molecule has 231 valence electrons. The number of aliphatic hydroxyl groups is 3. The van der Waals surface area contributed by atoms with E-state index in [2.05, 4.69) is 0 Å². The number of aliphatic hydroxyl groups excluding tert-OH is 3. The number of alkyl halides is 18. The van der Waals surface area contributed by atoms with Gasteiger partial charge < -0.3 is 15.3 Å². The third-order valence-electron chi connectivity index (χ3n) is 2.51. The summed E-state index contributed by atoms with van der Waals surface area (Å²) in [4.78, 5) is 29.6. The first kappa shape index (κ1) is 44.7. The Hall–Kier alpha value is -2.27. The van der Waals surface area contributed by atoms with Crippen LogP contribution in [0.3, 0.4) is 0 Å². The average molecular weight is 765 g/mol. The van der Waals surface area contributed by atoms with Crippen LogP contribution >= 0.6 is 0 Å². The zero-order valence-corrected chi connectivity index (χ0v) is 21.4. The second-order valence-corrected chi connectivity index (χ2v) is 5.67. The van der Waals surface area contributed by atoms with E-state index in [0.717, 1.165) is 0 Å². The van der Waals surface area contributed by atoms with Gasteiger partial charge in [-0.1, -0.05) is 0 Å². The summed E-state index contributed by atoms with van der Waals surface area (Å²) in [5.41, 5.74) is 0. The molecule has 3 N–H and O–H groups in total.